The molecule has 30 heteroatoms. The summed E-state index contributed by atoms with van der Waals surface area (Å²) in [5.41, 5.74) is 9.92. The van der Waals surface area contributed by atoms with Gasteiger partial charge < -0.3 is 72.1 Å². The van der Waals surface area contributed by atoms with Gasteiger partial charge in [0.25, 0.3) is 27.8 Å². The van der Waals surface area contributed by atoms with Gasteiger partial charge in [-0.15, -0.1) is 0 Å². The molecular weight excluding hydrogens is 1870 g/mol. The Balaban J connectivity index is 0.000000174. The van der Waals surface area contributed by atoms with E-state index in [2.05, 4.69) is 69.2 Å². The van der Waals surface area contributed by atoms with Crippen LogP contribution in [0.2, 0.25) is 0 Å². The van der Waals surface area contributed by atoms with Crippen LogP contribution in [0.4, 0.5) is 13.2 Å². The highest BCUT2D eigenvalue weighted by Crippen LogP contribution is 2.41. The molecule has 0 radical (unpaired) electrons. The molecule has 0 saturated heterocycles. The molecule has 7 heterocycles. The van der Waals surface area contributed by atoms with Crippen molar-refractivity contribution in [2.75, 3.05) is 0 Å². The molecule has 0 spiro atoms. The van der Waals surface area contributed by atoms with Crippen molar-refractivity contribution in [1.29, 1.82) is 0 Å². The first-order valence-corrected chi connectivity index (χ1v) is 46.6. The minimum absolute atomic E-state index is 0.0430. The summed E-state index contributed by atoms with van der Waals surface area (Å²) in [5.74, 6) is 25.4. The minimum Gasteiger partial charge on any atom is -0.457 e. The molecule has 7 aromatic heterocycles. The summed E-state index contributed by atoms with van der Waals surface area (Å²) >= 11 is 0. The molecule has 0 amide bonds. The lowest BCUT2D eigenvalue weighted by atomic mass is 10.00. The van der Waals surface area contributed by atoms with Crippen LogP contribution in [0.3, 0.4) is 0 Å². The predicted molar refractivity (Wildman–Crippen MR) is 547 cm³/mol. The summed E-state index contributed by atoms with van der Waals surface area (Å²) in [4.78, 5) is 136. The van der Waals surface area contributed by atoms with Gasteiger partial charge >= 0.3 is 36.0 Å². The van der Waals surface area contributed by atoms with Gasteiger partial charge in [0.15, 0.2) is 0 Å². The molecule has 27 nitrogen and oxygen atoms in total. The zero-order chi connectivity index (χ0) is 107. The normalized spacial score (nSPS) is 13.1. The van der Waals surface area contributed by atoms with E-state index in [9.17, 15) is 86.6 Å². The van der Waals surface area contributed by atoms with Crippen molar-refractivity contribution >= 4 is 57.7 Å². The number of benzene rings is 3. The Hall–Kier alpha value is -15.9. The Morgan fingerprint density at radius 3 is 0.925 bits per heavy atom. The largest absolute Gasteiger partial charge is 0.457 e. The van der Waals surface area contributed by atoms with E-state index in [1.165, 1.54) is 61.1 Å². The maximum atomic E-state index is 13.2. The number of alkyl halides is 3. The summed E-state index contributed by atoms with van der Waals surface area (Å²) in [7, 11) is 8.15. The molecule has 756 valence electrons. The Labute approximate surface area is 844 Å². The van der Waals surface area contributed by atoms with Crippen LogP contribution in [0.1, 0.15) is 232 Å². The van der Waals surface area contributed by atoms with Gasteiger partial charge in [0.2, 0.25) is 0 Å². The average Bonchev–Trinajstić information content (AvgIpc) is 1.62. The third-order valence-corrected chi connectivity index (χ3v) is 23.3. The number of rotatable bonds is 15. The number of esters is 5. The molecule has 146 heavy (non-hydrogen) atoms. The molecule has 0 saturated carbocycles. The van der Waals surface area contributed by atoms with E-state index in [0.29, 0.717) is 143 Å². The first-order valence-electron chi connectivity index (χ1n) is 46.6. The highest BCUT2D eigenvalue weighted by Gasteiger charge is 2.39. The quantitative estimate of drug-likeness (QED) is 0.0361. The van der Waals surface area contributed by atoms with Gasteiger partial charge in [-0.05, 0) is 153 Å². The zero-order valence-corrected chi connectivity index (χ0v) is 85.6. The lowest BCUT2D eigenvalue weighted by Crippen LogP contribution is -2.23. The van der Waals surface area contributed by atoms with Crippen molar-refractivity contribution in [3.05, 3.63) is 360 Å². The Kier molecular flexibility index (Phi) is 34.4. The SMILES string of the molecule is CC1=C(C(=O)OCc2ccc(C)cc2)c2c(C#CC(C)(C)O)cn(C)c(=O)c2C1.CC1=C(C(=O)OCc2cccc(C)c2)c2c(C#CC(C)(C)O)cn(C)c(=O)c2C1.CC1=C(C(=O)OCc2ccccc2C(F)(F)F)c2c(C#CC(C)(C)O)cn(C)c(=O)c2C1.CC1=C(C(=O)OCc2ccccn2)c2c(C#CC(C)(C)O)cn(C)c(=O)c2C1.CC1=C(C(=O)OCc2cccnc2)c2c(C#CC(C)(C)O)cn(C)c(=O)c2C1. The maximum absolute atomic E-state index is 13.2. The number of hydrogen-bond acceptors (Lipinski definition) is 22. The molecule has 0 aliphatic heterocycles. The molecule has 5 aliphatic rings. The zero-order valence-electron chi connectivity index (χ0n) is 85.6. The number of carbonyl (C=O) groups excluding carboxylic acids is 5. The molecule has 5 N–H and O–H groups in total. The number of halogens is 3. The van der Waals surface area contributed by atoms with E-state index in [0.717, 1.165) is 56.2 Å². The van der Waals surface area contributed by atoms with Crippen molar-refractivity contribution in [2.45, 2.75) is 217 Å². The van der Waals surface area contributed by atoms with Crippen LogP contribution < -0.4 is 27.8 Å². The van der Waals surface area contributed by atoms with Gasteiger partial charge in [-0.3, -0.25) is 33.9 Å². The molecule has 3 aromatic carbocycles. The fraction of sp³-hybridized carbons (Fsp3) is 0.328. The van der Waals surface area contributed by atoms with E-state index >= 15 is 0 Å². The number of aromatic nitrogens is 7. The van der Waals surface area contributed by atoms with Crippen molar-refractivity contribution in [1.82, 2.24) is 32.8 Å². The van der Waals surface area contributed by atoms with Crippen molar-refractivity contribution in [3.8, 4) is 59.2 Å². The standard InChI is InChI=1S/C24H22F3NO4.2C24H25NO4.2C22H22N2O4/c1-14-11-17-20(15(9-10-23(2,3)31)12-28(4)21(17)29)19(14)22(30)32-13-16-7-5-6-8-18(16)24(25,26)27;1-15-6-8-17(9-7-15)14-29-23(27)20-16(2)12-19-21(20)18(10-11-24(3,4)28)13-25(5)22(19)26;1-15-7-6-8-17(11-15)14-29-23(27)20-16(2)12-19-21(20)18(9-10-24(3,4)28)13-25(5)22(19)26;1-14-10-17-19(16(7-8-22(2,3)27)12-24(4)20(17)25)18(14)21(26)28-13-15-6-5-9-23-11-15;1-14-11-17-19(15(8-9-22(2,3)27)12-24(4)20(17)25)18(14)21(26)28-13-16-7-5-6-10-23-16/h5-8,12,31H,11,13H2,1-4H3;6-9,13,28H,12,14H2,1-5H3;6-8,11,13,28H,12,14H2,1-5H3;5-6,9,11-12,27H,10,13H2,1-4H3;5-7,10,12,27H,11,13H2,1-4H3. The Morgan fingerprint density at radius 2 is 0.630 bits per heavy atom. The van der Waals surface area contributed by atoms with Crippen LogP contribution in [0.15, 0.2) is 205 Å². The number of aryl methyl sites for hydroxylation is 7. The highest BCUT2D eigenvalue weighted by atomic mass is 19.4. The molecule has 5 aliphatic carbocycles. The number of aliphatic hydroxyl groups is 5. The summed E-state index contributed by atoms with van der Waals surface area (Å²) in [6.45, 7) is 28.4. The van der Waals surface area contributed by atoms with Crippen LogP contribution in [0.5, 0.6) is 0 Å². The van der Waals surface area contributed by atoms with E-state index in [1.807, 2.05) is 102 Å². The second kappa shape index (κ2) is 45.4. The average molecular weight is 1990 g/mol. The first kappa shape index (κ1) is 111. The minimum atomic E-state index is -4.58. The third kappa shape index (κ3) is 28.0. The molecule has 0 fully saturated rings. The van der Waals surface area contributed by atoms with E-state index in [-0.39, 0.29) is 71.8 Å². The van der Waals surface area contributed by atoms with Crippen LogP contribution in [-0.2, 0) is 154 Å². The first-order chi connectivity index (χ1) is 68.3. The number of ether oxygens (including phenoxy) is 5. The van der Waals surface area contributed by atoms with Gasteiger partial charge in [0.1, 0.15) is 61.0 Å². The summed E-state index contributed by atoms with van der Waals surface area (Å²) < 4.78 is 74.1. The molecular formula is C116H116F3N7O20. The monoisotopic (exact) mass is 1980 g/mol. The topological polar surface area (TPSA) is 368 Å². The van der Waals surface area contributed by atoms with E-state index in [1.54, 1.807) is 159 Å². The Bertz CT molecular complexity index is 7600. The number of hydrogen-bond donors (Lipinski definition) is 5. The Morgan fingerprint density at radius 1 is 0.336 bits per heavy atom. The van der Waals surface area contributed by atoms with Crippen LogP contribution in [-0.4, -0.2) is 116 Å². The number of fused-ring (bicyclic) bond motifs is 5. The van der Waals surface area contributed by atoms with Crippen molar-refractivity contribution in [3.63, 3.8) is 0 Å². The predicted octanol–water partition coefficient (Wildman–Crippen LogP) is 13.3. The van der Waals surface area contributed by atoms with Crippen LogP contribution >= 0.6 is 0 Å². The fourth-order valence-corrected chi connectivity index (χ4v) is 16.5. The molecule has 0 bridgehead atoms. The van der Waals surface area contributed by atoms with Gasteiger partial charge in [-0.25, -0.2) is 24.0 Å². The lowest BCUT2D eigenvalue weighted by Gasteiger charge is -2.14. The number of pyridine rings is 7. The highest BCUT2D eigenvalue weighted by molar-refractivity contribution is 6.23. The van der Waals surface area contributed by atoms with Gasteiger partial charge in [0, 0.05) is 211 Å². The van der Waals surface area contributed by atoms with Gasteiger partial charge in [-0.2, -0.15) is 13.2 Å². The summed E-state index contributed by atoms with van der Waals surface area (Å²) in [5, 5.41) is 49.7. The number of carbonyl (C=O) groups is 5. The van der Waals surface area contributed by atoms with E-state index < -0.39 is 76.2 Å². The molecule has 10 aromatic rings. The number of nitrogens with zero attached hydrogens (tertiary/aromatic N) is 7. The number of allylic oxidation sites excluding steroid dienone is 5. The van der Waals surface area contributed by atoms with Crippen molar-refractivity contribution in [2.24, 2.45) is 35.2 Å². The lowest BCUT2D eigenvalue weighted by molar-refractivity contribution is -0.143. The second-order valence-electron chi connectivity index (χ2n) is 39.0. The van der Waals surface area contributed by atoms with Gasteiger partial charge in [0.05, 0.1) is 39.1 Å². The van der Waals surface area contributed by atoms with E-state index in [4.69, 9.17) is 23.7 Å². The maximum Gasteiger partial charge on any atom is 0.416 e. The second-order valence-corrected chi connectivity index (χ2v) is 39.0. The smallest absolute Gasteiger partial charge is 0.416 e. The van der Waals surface area contributed by atoms with Crippen molar-refractivity contribution < 1.29 is 86.4 Å². The third-order valence-electron chi connectivity index (χ3n) is 23.3. The fourth-order valence-electron chi connectivity index (χ4n) is 16.5. The molecule has 0 atom stereocenters. The van der Waals surface area contributed by atoms with Crippen LogP contribution in [0.25, 0.3) is 27.9 Å². The molecule has 15 rings (SSSR count). The van der Waals surface area contributed by atoms with Crippen LogP contribution in [0, 0.1) is 73.1 Å². The summed E-state index contributed by atoms with van der Waals surface area (Å²) in [6, 6.07) is 29.4. The summed E-state index contributed by atoms with van der Waals surface area (Å²) in [6.07, 6.45) is 9.89. The van der Waals surface area contributed by atoms with Gasteiger partial charge in [-0.1, -0.05) is 177 Å². The molecule has 0 unspecified atom stereocenters.